The van der Waals surface area contributed by atoms with Crippen molar-refractivity contribution in [3.05, 3.63) is 17.8 Å². The topological polar surface area (TPSA) is 58.0 Å². The van der Waals surface area contributed by atoms with Crippen molar-refractivity contribution in [3.63, 3.8) is 0 Å². The summed E-state index contributed by atoms with van der Waals surface area (Å²) in [6.07, 6.45) is 0.172. The molecule has 0 fully saturated rings. The Kier molecular flexibility index (Phi) is 6.24. The zero-order valence-corrected chi connectivity index (χ0v) is 14.5. The molecule has 0 aliphatic heterocycles. The maximum atomic E-state index is 13.3. The van der Waals surface area contributed by atoms with E-state index in [-0.39, 0.29) is 24.3 Å². The van der Waals surface area contributed by atoms with Crippen LogP contribution in [0.1, 0.15) is 39.7 Å². The van der Waals surface area contributed by atoms with Gasteiger partial charge in [0.05, 0.1) is 17.5 Å². The van der Waals surface area contributed by atoms with Crippen LogP contribution >= 0.6 is 0 Å². The number of halogens is 2. The number of aliphatic imine (C=N–C) groups is 1. The molecule has 0 saturated heterocycles. The van der Waals surface area contributed by atoms with Gasteiger partial charge in [0.1, 0.15) is 0 Å². The molecule has 0 saturated carbocycles. The highest BCUT2D eigenvalue weighted by Crippen LogP contribution is 2.25. The number of hydrogen-bond acceptors (Lipinski definition) is 4. The van der Waals surface area contributed by atoms with E-state index in [4.69, 9.17) is 4.65 Å². The number of rotatable bonds is 7. The molecular formula is C15H24BF2N3O2. The van der Waals surface area contributed by atoms with Crippen molar-refractivity contribution in [1.29, 1.82) is 0 Å². The molecule has 1 N–H and O–H groups in total. The predicted octanol–water partition coefficient (Wildman–Crippen LogP) is 1.78. The van der Waals surface area contributed by atoms with Crippen LogP contribution in [0.2, 0.25) is 0 Å². The molecule has 0 aliphatic rings. The van der Waals surface area contributed by atoms with E-state index < -0.39 is 17.6 Å². The molecule has 23 heavy (non-hydrogen) atoms. The largest absolute Gasteiger partial charge is 0.427 e. The molecule has 1 aromatic rings. The van der Waals surface area contributed by atoms with Gasteiger partial charge in [0.15, 0.2) is 5.82 Å². The van der Waals surface area contributed by atoms with Gasteiger partial charge >= 0.3 is 7.48 Å². The highest BCUT2D eigenvalue weighted by Gasteiger charge is 2.36. The minimum atomic E-state index is -2.66. The van der Waals surface area contributed by atoms with E-state index in [0.717, 1.165) is 0 Å². The predicted molar refractivity (Wildman–Crippen MR) is 89.3 cm³/mol. The summed E-state index contributed by atoms with van der Waals surface area (Å²) < 4.78 is 32.2. The molecule has 0 unspecified atom stereocenters. The van der Waals surface area contributed by atoms with Gasteiger partial charge in [0.25, 0.3) is 6.43 Å². The summed E-state index contributed by atoms with van der Waals surface area (Å²) in [5.41, 5.74) is -1.89. The average molecular weight is 327 g/mol. The number of hydrogen-bond donors (Lipinski definition) is 1. The van der Waals surface area contributed by atoms with Crippen LogP contribution in [0.4, 0.5) is 14.6 Å². The lowest BCUT2D eigenvalue weighted by Crippen LogP contribution is -2.49. The fraction of sp³-hybridized carbons (Fsp3) is 0.600. The third-order valence-corrected chi connectivity index (χ3v) is 3.73. The first kappa shape index (κ1) is 19.5. The molecule has 128 valence electrons. The van der Waals surface area contributed by atoms with Crippen molar-refractivity contribution in [2.75, 3.05) is 14.1 Å². The molecule has 0 atom stereocenters. The minimum absolute atomic E-state index is 0.0681. The van der Waals surface area contributed by atoms with Crippen LogP contribution in [0.5, 0.6) is 0 Å². The first-order valence-corrected chi connectivity index (χ1v) is 7.28. The maximum Gasteiger partial charge on any atom is 0.311 e. The van der Waals surface area contributed by atoms with Crippen LogP contribution in [0.25, 0.3) is 0 Å². The highest BCUT2D eigenvalue weighted by molar-refractivity contribution is 6.47. The fourth-order valence-corrected chi connectivity index (χ4v) is 1.49. The smallest absolute Gasteiger partial charge is 0.311 e. The molecule has 1 rings (SSSR count). The van der Waals surface area contributed by atoms with E-state index in [2.05, 4.69) is 9.98 Å². The van der Waals surface area contributed by atoms with Gasteiger partial charge in [0, 0.05) is 25.9 Å². The van der Waals surface area contributed by atoms with Gasteiger partial charge in [-0.05, 0) is 39.2 Å². The van der Waals surface area contributed by atoms with Crippen molar-refractivity contribution < 1.29 is 18.5 Å². The number of nitrogens with zero attached hydrogens (tertiary/aromatic N) is 3. The Bertz CT molecular complexity index is 558. The van der Waals surface area contributed by atoms with Crippen LogP contribution in [0.15, 0.2) is 17.3 Å². The van der Waals surface area contributed by atoms with Crippen molar-refractivity contribution >= 4 is 25.1 Å². The highest BCUT2D eigenvalue weighted by atomic mass is 19.3. The fourth-order valence-electron chi connectivity index (χ4n) is 1.49. The SMILES string of the molecule is CN(C)/C=N/c1cc(C(F)F)c(BOC(C)(C)C(C)(C)O)cn1. The third-order valence-electron chi connectivity index (χ3n) is 3.73. The van der Waals surface area contributed by atoms with E-state index in [1.54, 1.807) is 46.7 Å². The lowest BCUT2D eigenvalue weighted by atomic mass is 9.81. The van der Waals surface area contributed by atoms with Crippen LogP contribution in [0, 0.1) is 0 Å². The molecule has 1 heterocycles. The zero-order chi connectivity index (χ0) is 17.8. The Morgan fingerprint density at radius 1 is 1.35 bits per heavy atom. The summed E-state index contributed by atoms with van der Waals surface area (Å²) >= 11 is 0. The summed E-state index contributed by atoms with van der Waals surface area (Å²) in [5.74, 6) is 0.208. The Balaban J connectivity index is 2.99. The van der Waals surface area contributed by atoms with E-state index in [9.17, 15) is 13.9 Å². The lowest BCUT2D eigenvalue weighted by molar-refractivity contribution is -0.0893. The Hall–Kier alpha value is -1.54. The summed E-state index contributed by atoms with van der Waals surface area (Å²) in [7, 11) is 3.48. The second-order valence-electron chi connectivity index (χ2n) is 6.61. The van der Waals surface area contributed by atoms with Gasteiger partial charge in [-0.25, -0.2) is 18.8 Å². The molecule has 0 spiro atoms. The maximum absolute atomic E-state index is 13.3. The summed E-state index contributed by atoms with van der Waals surface area (Å²) in [6, 6.07) is 1.25. The number of aromatic nitrogens is 1. The quantitative estimate of drug-likeness (QED) is 0.471. The van der Waals surface area contributed by atoms with Crippen molar-refractivity contribution in [2.24, 2.45) is 4.99 Å². The van der Waals surface area contributed by atoms with Crippen LogP contribution in [-0.2, 0) is 4.65 Å². The van der Waals surface area contributed by atoms with Gasteiger partial charge in [-0.3, -0.25) is 0 Å². The monoisotopic (exact) mass is 327 g/mol. The molecule has 0 radical (unpaired) electrons. The Labute approximate surface area is 136 Å². The molecule has 5 nitrogen and oxygen atoms in total. The minimum Gasteiger partial charge on any atom is -0.427 e. The number of aliphatic hydroxyl groups is 1. The molecule has 0 aromatic carbocycles. The second kappa shape index (κ2) is 7.36. The second-order valence-corrected chi connectivity index (χ2v) is 6.61. The van der Waals surface area contributed by atoms with Crippen molar-refractivity contribution in [3.8, 4) is 0 Å². The van der Waals surface area contributed by atoms with E-state index >= 15 is 0 Å². The van der Waals surface area contributed by atoms with Crippen LogP contribution in [0.3, 0.4) is 0 Å². The van der Waals surface area contributed by atoms with Gasteiger partial charge in [-0.15, -0.1) is 0 Å². The molecule has 0 amide bonds. The molecule has 8 heteroatoms. The first-order chi connectivity index (χ1) is 10.4. The van der Waals surface area contributed by atoms with Gasteiger partial charge in [0.2, 0.25) is 0 Å². The average Bonchev–Trinajstić information content (AvgIpc) is 2.41. The molecule has 0 bridgehead atoms. The molecule has 1 aromatic heterocycles. The summed E-state index contributed by atoms with van der Waals surface area (Å²) in [5, 5.41) is 10.1. The number of alkyl halides is 2. The summed E-state index contributed by atoms with van der Waals surface area (Å²) in [4.78, 5) is 9.76. The van der Waals surface area contributed by atoms with Crippen LogP contribution in [-0.4, -0.2) is 54.1 Å². The van der Waals surface area contributed by atoms with Crippen LogP contribution < -0.4 is 5.46 Å². The third kappa shape index (κ3) is 5.55. The normalized spacial score (nSPS) is 13.0. The zero-order valence-electron chi connectivity index (χ0n) is 14.5. The van der Waals surface area contributed by atoms with E-state index in [1.165, 1.54) is 18.6 Å². The lowest BCUT2D eigenvalue weighted by Gasteiger charge is -2.37. The summed E-state index contributed by atoms with van der Waals surface area (Å²) in [6.45, 7) is 6.63. The van der Waals surface area contributed by atoms with Crippen molar-refractivity contribution in [1.82, 2.24) is 9.88 Å². The van der Waals surface area contributed by atoms with Crippen molar-refractivity contribution in [2.45, 2.75) is 45.3 Å². The molecule has 0 aliphatic carbocycles. The number of pyridine rings is 1. The van der Waals surface area contributed by atoms with E-state index in [1.807, 2.05) is 0 Å². The molecular weight excluding hydrogens is 303 g/mol. The standard InChI is InChI=1S/C15H24BF2N3O2/c1-14(2,22)15(3,4)23-16-11-8-19-12(20-9-21(5)6)7-10(11)13(17)18/h7-9,13,16,22H,1-6H3/b20-9+. The van der Waals surface area contributed by atoms with E-state index in [0.29, 0.717) is 0 Å². The van der Waals surface area contributed by atoms with Gasteiger partial charge < -0.3 is 14.7 Å². The van der Waals surface area contributed by atoms with Gasteiger partial charge in [-0.2, -0.15) is 0 Å². The Morgan fingerprint density at radius 2 is 1.96 bits per heavy atom. The Morgan fingerprint density at radius 3 is 2.43 bits per heavy atom. The first-order valence-electron chi connectivity index (χ1n) is 7.28. The van der Waals surface area contributed by atoms with Gasteiger partial charge in [-0.1, -0.05) is 0 Å².